The third-order valence-electron chi connectivity index (χ3n) is 2.84. The van der Waals surface area contributed by atoms with Crippen molar-refractivity contribution in [3.8, 4) is 0 Å². The van der Waals surface area contributed by atoms with Crippen LogP contribution in [0, 0.1) is 0 Å². The van der Waals surface area contributed by atoms with Gasteiger partial charge in [0.15, 0.2) is 0 Å². The van der Waals surface area contributed by atoms with Gasteiger partial charge in [0, 0.05) is 19.6 Å². The van der Waals surface area contributed by atoms with E-state index in [1.54, 1.807) is 0 Å². The monoisotopic (exact) mass is 191 g/mol. The Labute approximate surface area is 85.2 Å². The molecule has 1 heterocycles. The topological polar surface area (TPSA) is 23.5 Å². The van der Waals surface area contributed by atoms with Gasteiger partial charge >= 0.3 is 0 Å². The highest BCUT2D eigenvalue weighted by molar-refractivity contribution is 5.19. The van der Waals surface area contributed by atoms with Crippen molar-refractivity contribution in [1.29, 1.82) is 0 Å². The fourth-order valence-electron chi connectivity index (χ4n) is 1.97. The molecule has 14 heavy (non-hydrogen) atoms. The summed E-state index contributed by atoms with van der Waals surface area (Å²) in [5.41, 5.74) is 1.38. The van der Waals surface area contributed by atoms with Crippen LogP contribution >= 0.6 is 0 Å². The summed E-state index contributed by atoms with van der Waals surface area (Å²) in [5.74, 6) is 0.559. The molecule has 1 fully saturated rings. The second-order valence-electron chi connectivity index (χ2n) is 4.18. The van der Waals surface area contributed by atoms with Gasteiger partial charge in [-0.2, -0.15) is 0 Å². The molecule has 1 aromatic carbocycles. The van der Waals surface area contributed by atoms with E-state index in [-0.39, 0.29) is 6.10 Å². The van der Waals surface area contributed by atoms with E-state index in [9.17, 15) is 0 Å². The van der Waals surface area contributed by atoms with Gasteiger partial charge in [0.1, 0.15) is 0 Å². The van der Waals surface area contributed by atoms with Crippen molar-refractivity contribution >= 4 is 0 Å². The van der Waals surface area contributed by atoms with E-state index in [1.165, 1.54) is 5.56 Å². The summed E-state index contributed by atoms with van der Waals surface area (Å²) in [6.45, 7) is 4.98. The van der Waals surface area contributed by atoms with Gasteiger partial charge in [-0.05, 0) is 11.5 Å². The number of likely N-dealkylation sites (tertiary alicyclic amines) is 1. The highest BCUT2D eigenvalue weighted by Gasteiger charge is 2.25. The average Bonchev–Trinajstić information content (AvgIpc) is 2.17. The molecule has 0 amide bonds. The molecule has 0 aliphatic carbocycles. The van der Waals surface area contributed by atoms with Gasteiger partial charge in [0.25, 0.3) is 0 Å². The molecule has 2 nitrogen and oxygen atoms in total. The van der Waals surface area contributed by atoms with E-state index in [2.05, 4.69) is 36.1 Å². The Balaban J connectivity index is 1.87. The maximum absolute atomic E-state index is 9.16. The fraction of sp³-hybridized carbons (Fsp3) is 0.500. The molecular formula is C12H17NO. The molecule has 2 rings (SSSR count). The molecule has 0 saturated carbocycles. The highest BCUT2D eigenvalue weighted by atomic mass is 16.3. The summed E-state index contributed by atoms with van der Waals surface area (Å²) in [5, 5.41) is 9.16. The van der Waals surface area contributed by atoms with E-state index in [1.807, 2.05) is 6.07 Å². The molecule has 0 radical (unpaired) electrons. The maximum Gasteiger partial charge on any atom is 0.0793 e. The molecule has 1 saturated heterocycles. The van der Waals surface area contributed by atoms with Crippen LogP contribution in [0.4, 0.5) is 0 Å². The molecule has 1 unspecified atom stereocenters. The normalized spacial score (nSPS) is 20.4. The maximum atomic E-state index is 9.16. The smallest absolute Gasteiger partial charge is 0.0793 e. The number of aliphatic hydroxyl groups is 1. The van der Waals surface area contributed by atoms with Crippen LogP contribution in [0.1, 0.15) is 18.4 Å². The van der Waals surface area contributed by atoms with Crippen LogP contribution in [0.5, 0.6) is 0 Å². The van der Waals surface area contributed by atoms with Crippen LogP contribution in [-0.4, -0.2) is 35.7 Å². The van der Waals surface area contributed by atoms with Crippen molar-refractivity contribution in [3.63, 3.8) is 0 Å². The minimum atomic E-state index is -0.0852. The summed E-state index contributed by atoms with van der Waals surface area (Å²) in [4.78, 5) is 2.29. The van der Waals surface area contributed by atoms with E-state index < -0.39 is 0 Å². The van der Waals surface area contributed by atoms with Crippen molar-refractivity contribution < 1.29 is 5.11 Å². The first kappa shape index (κ1) is 9.69. The number of hydrogen-bond donors (Lipinski definition) is 1. The Morgan fingerprint density at radius 1 is 1.36 bits per heavy atom. The number of β-amino-alcohol motifs (C(OH)–C–C–N with tert-alkyl or cyclic N) is 1. The molecule has 0 spiro atoms. The van der Waals surface area contributed by atoms with Gasteiger partial charge in [0.2, 0.25) is 0 Å². The van der Waals surface area contributed by atoms with E-state index in [0.29, 0.717) is 5.92 Å². The van der Waals surface area contributed by atoms with Gasteiger partial charge in [-0.1, -0.05) is 37.3 Å². The molecule has 2 heteroatoms. The summed E-state index contributed by atoms with van der Waals surface area (Å²) < 4.78 is 0. The molecule has 0 aromatic heterocycles. The van der Waals surface area contributed by atoms with Gasteiger partial charge in [0.05, 0.1) is 6.10 Å². The molecule has 1 N–H and O–H groups in total. The lowest BCUT2D eigenvalue weighted by molar-refractivity contribution is -0.000320. The Morgan fingerprint density at radius 2 is 2.00 bits per heavy atom. The number of hydrogen-bond acceptors (Lipinski definition) is 2. The molecule has 1 aliphatic rings. The Hall–Kier alpha value is -0.860. The Kier molecular flexibility index (Phi) is 2.85. The zero-order valence-corrected chi connectivity index (χ0v) is 8.56. The predicted molar refractivity (Wildman–Crippen MR) is 57.3 cm³/mol. The number of nitrogens with zero attached hydrogens (tertiary/aromatic N) is 1. The van der Waals surface area contributed by atoms with Crippen molar-refractivity contribution in [1.82, 2.24) is 4.90 Å². The first-order chi connectivity index (χ1) is 6.75. The second-order valence-corrected chi connectivity index (χ2v) is 4.18. The standard InChI is InChI=1S/C12H17NO/c1-10(7-13-8-12(14)9-13)11-5-3-2-4-6-11/h2-6,10,12,14H,7-9H2,1H3. The van der Waals surface area contributed by atoms with Gasteiger partial charge < -0.3 is 5.11 Å². The SMILES string of the molecule is CC(CN1CC(O)C1)c1ccccc1. The molecule has 76 valence electrons. The minimum Gasteiger partial charge on any atom is -0.390 e. The van der Waals surface area contributed by atoms with Crippen LogP contribution in [0.15, 0.2) is 30.3 Å². The Morgan fingerprint density at radius 3 is 2.57 bits per heavy atom. The fourth-order valence-corrected chi connectivity index (χ4v) is 1.97. The number of rotatable bonds is 3. The Bertz CT molecular complexity index is 280. The van der Waals surface area contributed by atoms with Crippen LogP contribution in [0.3, 0.4) is 0 Å². The predicted octanol–water partition coefficient (Wildman–Crippen LogP) is 1.47. The van der Waals surface area contributed by atoms with Crippen molar-refractivity contribution in [2.45, 2.75) is 18.9 Å². The van der Waals surface area contributed by atoms with Crippen LogP contribution < -0.4 is 0 Å². The lowest BCUT2D eigenvalue weighted by Crippen LogP contribution is -2.51. The third-order valence-corrected chi connectivity index (χ3v) is 2.84. The van der Waals surface area contributed by atoms with Crippen LogP contribution in [-0.2, 0) is 0 Å². The van der Waals surface area contributed by atoms with E-state index >= 15 is 0 Å². The average molecular weight is 191 g/mol. The largest absolute Gasteiger partial charge is 0.390 e. The van der Waals surface area contributed by atoms with Crippen molar-refractivity contribution in [3.05, 3.63) is 35.9 Å². The van der Waals surface area contributed by atoms with Gasteiger partial charge in [-0.3, -0.25) is 4.90 Å². The van der Waals surface area contributed by atoms with E-state index in [0.717, 1.165) is 19.6 Å². The molecular weight excluding hydrogens is 174 g/mol. The van der Waals surface area contributed by atoms with Crippen molar-refractivity contribution in [2.75, 3.05) is 19.6 Å². The third kappa shape index (κ3) is 2.14. The first-order valence-electron chi connectivity index (χ1n) is 5.21. The molecule has 0 bridgehead atoms. The van der Waals surface area contributed by atoms with Gasteiger partial charge in [-0.15, -0.1) is 0 Å². The summed E-state index contributed by atoms with van der Waals surface area (Å²) in [6, 6.07) is 10.5. The second kappa shape index (κ2) is 4.11. The lowest BCUT2D eigenvalue weighted by atomic mass is 9.99. The molecule has 1 atom stereocenters. The van der Waals surface area contributed by atoms with E-state index in [4.69, 9.17) is 5.11 Å². The number of aliphatic hydroxyl groups excluding tert-OH is 1. The van der Waals surface area contributed by atoms with Crippen molar-refractivity contribution in [2.24, 2.45) is 0 Å². The highest BCUT2D eigenvalue weighted by Crippen LogP contribution is 2.18. The summed E-state index contributed by atoms with van der Waals surface area (Å²) in [6.07, 6.45) is -0.0852. The zero-order valence-electron chi connectivity index (χ0n) is 8.56. The molecule has 1 aliphatic heterocycles. The van der Waals surface area contributed by atoms with Gasteiger partial charge in [-0.25, -0.2) is 0 Å². The summed E-state index contributed by atoms with van der Waals surface area (Å²) >= 11 is 0. The zero-order chi connectivity index (χ0) is 9.97. The van der Waals surface area contributed by atoms with Crippen LogP contribution in [0.25, 0.3) is 0 Å². The number of benzene rings is 1. The quantitative estimate of drug-likeness (QED) is 0.782. The molecule has 1 aromatic rings. The van der Waals surface area contributed by atoms with Crippen LogP contribution in [0.2, 0.25) is 0 Å². The minimum absolute atomic E-state index is 0.0852. The summed E-state index contributed by atoms with van der Waals surface area (Å²) in [7, 11) is 0. The first-order valence-corrected chi connectivity index (χ1v) is 5.21. The lowest BCUT2D eigenvalue weighted by Gasteiger charge is -2.37.